The number of hydrogen-bond acceptors (Lipinski definition) is 2. The van der Waals surface area contributed by atoms with E-state index in [1.54, 1.807) is 0 Å². The Hall–Kier alpha value is 0.507. The Morgan fingerprint density at radius 1 is 1.50 bits per heavy atom. The van der Waals surface area contributed by atoms with E-state index in [1.807, 2.05) is 0 Å². The third kappa shape index (κ3) is 215. The number of rotatable bonds is 0. The Morgan fingerprint density at radius 3 is 1.50 bits per heavy atom. The monoisotopic (exact) mass is 101 g/mol. The van der Waals surface area contributed by atoms with Gasteiger partial charge in [0.2, 0.25) is 0 Å². The summed E-state index contributed by atoms with van der Waals surface area (Å²) in [5, 5.41) is 5.91. The summed E-state index contributed by atoms with van der Waals surface area (Å²) < 4.78 is 18.6. The van der Waals surface area contributed by atoms with Crippen LogP contribution in [0.1, 0.15) is 0 Å². The van der Waals surface area contributed by atoms with Crippen LogP contribution in [0.3, 0.4) is 0 Å². The van der Waals surface area contributed by atoms with Crippen molar-refractivity contribution in [2.45, 2.75) is 0 Å². The first-order valence-electron chi connectivity index (χ1n) is 0.946. The molecule has 0 atom stereocenters. The molecule has 0 aliphatic heterocycles. The van der Waals surface area contributed by atoms with Gasteiger partial charge in [0.25, 0.3) is 0 Å². The number of sulfonamides is 1. The quantitative estimate of drug-likeness (QED) is 0.305. The molecular formula is CH4LiNO2S. The summed E-state index contributed by atoms with van der Waals surface area (Å²) in [5.74, 6) is 0. The molecule has 6 heavy (non-hydrogen) atoms. The van der Waals surface area contributed by atoms with Crippen molar-refractivity contribution >= 4 is 10.0 Å². The van der Waals surface area contributed by atoms with Gasteiger partial charge in [0.15, 0.2) is 0 Å². The normalized spacial score (nSPS) is 9.67. The molecule has 0 aliphatic rings. The van der Waals surface area contributed by atoms with Crippen LogP contribution >= 0.6 is 0 Å². The van der Waals surface area contributed by atoms with Gasteiger partial charge in [-0.15, -0.1) is 0 Å². The molecule has 0 aromatic heterocycles. The van der Waals surface area contributed by atoms with Crippen molar-refractivity contribution in [1.82, 2.24) is 0 Å². The molecule has 0 aliphatic carbocycles. The Kier molecular flexibility index (Phi) is 4.28. The predicted octanol–water partition coefficient (Wildman–Crippen LogP) is -3.00. The van der Waals surface area contributed by atoms with Crippen LogP contribution < -0.4 is 18.9 Å². The molecular weight excluding hydrogens is 97.0 g/mol. The van der Waals surface area contributed by atoms with E-state index >= 15 is 0 Å². The Labute approximate surface area is 49.1 Å². The molecule has 0 radical (unpaired) electrons. The van der Waals surface area contributed by atoms with Crippen LogP contribution in [0.25, 0.3) is 5.14 Å². The van der Waals surface area contributed by atoms with E-state index in [4.69, 9.17) is 5.14 Å². The van der Waals surface area contributed by atoms with Crippen molar-refractivity contribution < 1.29 is 27.3 Å². The van der Waals surface area contributed by atoms with Gasteiger partial charge >= 0.3 is 18.9 Å². The van der Waals surface area contributed by atoms with Gasteiger partial charge in [-0.05, 0) is 0 Å². The molecule has 0 heterocycles. The van der Waals surface area contributed by atoms with Crippen LogP contribution in [0, 0.1) is 0 Å². The van der Waals surface area contributed by atoms with Gasteiger partial charge in [-0.1, -0.05) is 0 Å². The maximum Gasteiger partial charge on any atom is 1.00 e. The summed E-state index contributed by atoms with van der Waals surface area (Å²) in [6.07, 6.45) is 0.826. The van der Waals surface area contributed by atoms with Gasteiger partial charge in [0, 0.05) is 6.26 Å². The van der Waals surface area contributed by atoms with E-state index in [0.717, 1.165) is 6.26 Å². The van der Waals surface area contributed by atoms with Crippen LogP contribution in [0.5, 0.6) is 0 Å². The van der Waals surface area contributed by atoms with E-state index < -0.39 is 10.0 Å². The number of nitrogens with one attached hydrogen (secondary N) is 1. The first-order chi connectivity index (χ1) is 2.00. The smallest absolute Gasteiger partial charge is 0.564 e. The molecule has 32 valence electrons. The molecule has 0 spiro atoms. The van der Waals surface area contributed by atoms with Gasteiger partial charge < -0.3 is 5.14 Å². The molecule has 0 fully saturated rings. The number of hydrogen-bond donors (Lipinski definition) is 0. The van der Waals surface area contributed by atoms with Crippen molar-refractivity contribution in [1.29, 1.82) is 0 Å². The zero-order valence-corrected chi connectivity index (χ0v) is 4.54. The van der Waals surface area contributed by atoms with Crippen LogP contribution in [0.2, 0.25) is 0 Å². The van der Waals surface area contributed by atoms with Gasteiger partial charge in [-0.3, -0.25) is 0 Å². The first-order valence-corrected chi connectivity index (χ1v) is 2.84. The molecule has 0 amide bonds. The molecule has 0 saturated heterocycles. The van der Waals surface area contributed by atoms with Crippen LogP contribution in [-0.4, -0.2) is 14.7 Å². The van der Waals surface area contributed by atoms with Gasteiger partial charge in [0.05, 0.1) is 10.0 Å². The van der Waals surface area contributed by atoms with Crippen molar-refractivity contribution in [3.05, 3.63) is 5.14 Å². The van der Waals surface area contributed by atoms with Crippen molar-refractivity contribution in [3.8, 4) is 0 Å². The van der Waals surface area contributed by atoms with Crippen LogP contribution in [0.15, 0.2) is 0 Å². The fraction of sp³-hybridized carbons (Fsp3) is 1.00. The van der Waals surface area contributed by atoms with Crippen LogP contribution in [0.4, 0.5) is 0 Å². The maximum absolute atomic E-state index is 9.30. The zero-order chi connectivity index (χ0) is 4.50. The molecule has 0 rings (SSSR count). The average Bonchev–Trinajstić information content (AvgIpc) is 0.722. The van der Waals surface area contributed by atoms with Crippen molar-refractivity contribution in [2.75, 3.05) is 6.26 Å². The molecule has 5 heteroatoms. The minimum absolute atomic E-state index is 0. The molecule has 0 aromatic rings. The summed E-state index contributed by atoms with van der Waals surface area (Å²) in [4.78, 5) is 0. The van der Waals surface area contributed by atoms with E-state index in [0.29, 0.717) is 0 Å². The van der Waals surface area contributed by atoms with Crippen LogP contribution in [-0.2, 0) is 10.0 Å². The second kappa shape index (κ2) is 2.64. The standard InChI is InChI=1S/CH4NO2S.Li/c1-5(2,3)4;/h1H3,(H-,2,3,4);/q-1;+1. The van der Waals surface area contributed by atoms with Gasteiger partial charge in [0.1, 0.15) is 0 Å². The minimum Gasteiger partial charge on any atom is -0.564 e. The Morgan fingerprint density at radius 2 is 1.50 bits per heavy atom. The Balaban J connectivity index is 0. The molecule has 0 saturated carbocycles. The summed E-state index contributed by atoms with van der Waals surface area (Å²) >= 11 is 0. The van der Waals surface area contributed by atoms with Gasteiger partial charge in [-0.2, -0.15) is 0 Å². The van der Waals surface area contributed by atoms with Gasteiger partial charge in [-0.25, -0.2) is 8.42 Å². The average molecular weight is 101 g/mol. The fourth-order valence-corrected chi connectivity index (χ4v) is 0. The van der Waals surface area contributed by atoms with E-state index in [9.17, 15) is 8.42 Å². The summed E-state index contributed by atoms with van der Waals surface area (Å²) in [6.45, 7) is 0. The summed E-state index contributed by atoms with van der Waals surface area (Å²) in [5.41, 5.74) is 0. The fourth-order valence-electron chi connectivity index (χ4n) is 0. The van der Waals surface area contributed by atoms with E-state index in [1.165, 1.54) is 0 Å². The molecule has 0 bridgehead atoms. The predicted molar refractivity (Wildman–Crippen MR) is 19.2 cm³/mol. The molecule has 3 nitrogen and oxygen atoms in total. The van der Waals surface area contributed by atoms with E-state index in [-0.39, 0.29) is 18.9 Å². The third-order valence-electron chi connectivity index (χ3n) is 0. The Bertz CT molecular complexity index is 96.7. The van der Waals surface area contributed by atoms with E-state index in [2.05, 4.69) is 0 Å². The summed E-state index contributed by atoms with van der Waals surface area (Å²) in [6, 6.07) is 0. The topological polar surface area (TPSA) is 57.9 Å². The first kappa shape index (κ1) is 9.72. The van der Waals surface area contributed by atoms with Crippen molar-refractivity contribution in [2.24, 2.45) is 0 Å². The second-order valence-electron chi connectivity index (χ2n) is 0.772. The second-order valence-corrected chi connectivity index (χ2v) is 2.32. The SMILES string of the molecule is CS([NH-])(=O)=O.[Li+]. The maximum atomic E-state index is 9.30. The minimum atomic E-state index is -3.42. The zero-order valence-electron chi connectivity index (χ0n) is 3.72. The van der Waals surface area contributed by atoms with Crippen molar-refractivity contribution in [3.63, 3.8) is 0 Å². The third-order valence-corrected chi connectivity index (χ3v) is 0. The largest absolute Gasteiger partial charge is 1.00 e. The molecule has 0 unspecified atom stereocenters. The summed E-state index contributed by atoms with van der Waals surface area (Å²) in [7, 11) is -3.42. The molecule has 1 N–H and O–H groups in total. The molecule has 0 aromatic carbocycles.